The predicted molar refractivity (Wildman–Crippen MR) is 131 cm³/mol. The van der Waals surface area contributed by atoms with Crippen LogP contribution >= 0.6 is 12.4 Å². The molecule has 2 aliphatic rings. The maximum absolute atomic E-state index is 12.8. The summed E-state index contributed by atoms with van der Waals surface area (Å²) in [4.78, 5) is 25.5. The second-order valence-electron chi connectivity index (χ2n) is 10.4. The van der Waals surface area contributed by atoms with Gasteiger partial charge in [0.2, 0.25) is 0 Å². The third-order valence-corrected chi connectivity index (χ3v) is 6.48. The van der Waals surface area contributed by atoms with E-state index in [9.17, 15) is 14.7 Å². The number of ether oxygens (including phenoxy) is 2. The second-order valence-corrected chi connectivity index (χ2v) is 10.4. The molecule has 7 heteroatoms. The Labute approximate surface area is 204 Å². The molecule has 0 amide bonds. The third-order valence-electron chi connectivity index (χ3n) is 6.48. The van der Waals surface area contributed by atoms with E-state index >= 15 is 0 Å². The van der Waals surface area contributed by atoms with Crippen molar-refractivity contribution >= 4 is 24.3 Å². The van der Waals surface area contributed by atoms with E-state index in [1.165, 1.54) is 0 Å². The van der Waals surface area contributed by atoms with Crippen LogP contribution in [0.2, 0.25) is 0 Å². The van der Waals surface area contributed by atoms with E-state index in [0.29, 0.717) is 12.1 Å². The number of carbonyl (C=O) groups is 2. The highest BCUT2D eigenvalue weighted by molar-refractivity contribution is 5.85. The quantitative estimate of drug-likeness (QED) is 0.395. The standard InChI is InChI=1S/C26H39NO5.ClH/c1-26(2,3)27-17-21(28)20-14-15-22(31-24(29)18-10-6-4-7-11-18)23(16-20)32-25(30)19-12-8-5-9-13-19;/h14-16,18-19,21,27-28H,4-13,17H2,1-3H3;1H/t21-;/m0./s1. The van der Waals surface area contributed by atoms with Crippen LogP contribution in [-0.4, -0.2) is 29.1 Å². The van der Waals surface area contributed by atoms with Gasteiger partial charge in [0.25, 0.3) is 0 Å². The minimum Gasteiger partial charge on any atom is -0.422 e. The van der Waals surface area contributed by atoms with Gasteiger partial charge in [-0.1, -0.05) is 44.6 Å². The average molecular weight is 482 g/mol. The van der Waals surface area contributed by atoms with E-state index in [2.05, 4.69) is 5.32 Å². The van der Waals surface area contributed by atoms with Gasteiger partial charge < -0.3 is 19.9 Å². The van der Waals surface area contributed by atoms with E-state index in [1.54, 1.807) is 18.2 Å². The molecule has 3 rings (SSSR count). The summed E-state index contributed by atoms with van der Waals surface area (Å²) in [5.74, 6) is -0.295. The molecule has 2 fully saturated rings. The fourth-order valence-electron chi connectivity index (χ4n) is 4.48. The van der Waals surface area contributed by atoms with Crippen LogP contribution in [0, 0.1) is 11.8 Å². The summed E-state index contributed by atoms with van der Waals surface area (Å²) >= 11 is 0. The molecule has 6 nitrogen and oxygen atoms in total. The van der Waals surface area contributed by atoms with Gasteiger partial charge in [0.15, 0.2) is 11.5 Å². The average Bonchev–Trinajstić information content (AvgIpc) is 2.79. The first kappa shape index (κ1) is 27.6. The van der Waals surface area contributed by atoms with Gasteiger partial charge in [-0.3, -0.25) is 9.59 Å². The number of esters is 2. The van der Waals surface area contributed by atoms with Gasteiger partial charge in [-0.15, -0.1) is 12.4 Å². The number of hydrogen-bond donors (Lipinski definition) is 2. The lowest BCUT2D eigenvalue weighted by atomic mass is 9.89. The maximum atomic E-state index is 12.8. The number of aliphatic hydroxyl groups excluding tert-OH is 1. The molecule has 0 spiro atoms. The molecule has 0 aromatic heterocycles. The van der Waals surface area contributed by atoms with Gasteiger partial charge in [-0.2, -0.15) is 0 Å². The lowest BCUT2D eigenvalue weighted by Crippen LogP contribution is -2.38. The molecule has 1 aromatic carbocycles. The Bertz CT molecular complexity index is 779. The van der Waals surface area contributed by atoms with Gasteiger partial charge in [-0.25, -0.2) is 0 Å². The Morgan fingerprint density at radius 1 is 0.909 bits per heavy atom. The van der Waals surface area contributed by atoms with Crippen molar-refractivity contribution in [2.45, 2.75) is 96.6 Å². The molecule has 0 saturated heterocycles. The number of β-amino-alcohol motifs (C(OH)–C–C–N with tert-alkyl or cyclic N) is 1. The van der Waals surface area contributed by atoms with Crippen LogP contribution in [-0.2, 0) is 9.59 Å². The highest BCUT2D eigenvalue weighted by Crippen LogP contribution is 2.35. The fraction of sp³-hybridized carbons (Fsp3) is 0.692. The van der Waals surface area contributed by atoms with Crippen molar-refractivity contribution in [1.82, 2.24) is 5.32 Å². The van der Waals surface area contributed by atoms with Gasteiger partial charge in [0.05, 0.1) is 17.9 Å². The van der Waals surface area contributed by atoms with Gasteiger partial charge in [0.1, 0.15) is 0 Å². The number of carbonyl (C=O) groups excluding carboxylic acids is 2. The molecule has 33 heavy (non-hydrogen) atoms. The zero-order chi connectivity index (χ0) is 23.1. The second kappa shape index (κ2) is 12.7. The van der Waals surface area contributed by atoms with Crippen molar-refractivity contribution in [1.29, 1.82) is 0 Å². The maximum Gasteiger partial charge on any atom is 0.314 e. The van der Waals surface area contributed by atoms with E-state index < -0.39 is 6.10 Å². The predicted octanol–water partition coefficient (Wildman–Crippen LogP) is 5.50. The SMILES string of the molecule is CC(C)(C)NC[C@H](O)c1ccc(OC(=O)C2CCCCC2)c(OC(=O)C2CCCCC2)c1.Cl. The zero-order valence-corrected chi connectivity index (χ0v) is 21.0. The van der Waals surface area contributed by atoms with E-state index in [-0.39, 0.29) is 53.2 Å². The molecule has 2 saturated carbocycles. The first-order valence-corrected chi connectivity index (χ1v) is 12.2. The van der Waals surface area contributed by atoms with Crippen molar-refractivity contribution < 1.29 is 24.2 Å². The summed E-state index contributed by atoms with van der Waals surface area (Å²) in [5.41, 5.74) is 0.484. The van der Waals surface area contributed by atoms with Crippen molar-refractivity contribution in [2.75, 3.05) is 6.54 Å². The smallest absolute Gasteiger partial charge is 0.314 e. The Hall–Kier alpha value is -1.63. The minimum absolute atomic E-state index is 0. The van der Waals surface area contributed by atoms with Crippen LogP contribution in [0.3, 0.4) is 0 Å². The van der Waals surface area contributed by atoms with E-state index in [1.807, 2.05) is 20.8 Å². The van der Waals surface area contributed by atoms with E-state index in [0.717, 1.165) is 64.2 Å². The molecule has 0 unspecified atom stereocenters. The van der Waals surface area contributed by atoms with Crippen molar-refractivity contribution in [3.05, 3.63) is 23.8 Å². The number of benzene rings is 1. The first-order chi connectivity index (χ1) is 15.2. The Morgan fingerprint density at radius 3 is 1.88 bits per heavy atom. The van der Waals surface area contributed by atoms with Crippen molar-refractivity contribution in [2.24, 2.45) is 11.8 Å². The molecule has 0 aliphatic heterocycles. The topological polar surface area (TPSA) is 84.9 Å². The molecule has 0 bridgehead atoms. The Balaban J connectivity index is 0.00000385. The summed E-state index contributed by atoms with van der Waals surface area (Å²) in [5, 5.41) is 13.9. The molecular weight excluding hydrogens is 442 g/mol. The first-order valence-electron chi connectivity index (χ1n) is 12.2. The Morgan fingerprint density at radius 2 is 1.39 bits per heavy atom. The highest BCUT2D eigenvalue weighted by Gasteiger charge is 2.27. The van der Waals surface area contributed by atoms with Crippen LogP contribution in [0.1, 0.15) is 96.6 Å². The fourth-order valence-corrected chi connectivity index (χ4v) is 4.48. The van der Waals surface area contributed by atoms with Crippen molar-refractivity contribution in [3.8, 4) is 11.5 Å². The highest BCUT2D eigenvalue weighted by atomic mass is 35.5. The largest absolute Gasteiger partial charge is 0.422 e. The summed E-state index contributed by atoms with van der Waals surface area (Å²) in [6.07, 6.45) is 8.99. The summed E-state index contributed by atoms with van der Waals surface area (Å²) in [6, 6.07) is 5.01. The summed E-state index contributed by atoms with van der Waals surface area (Å²) < 4.78 is 11.5. The number of halogens is 1. The van der Waals surface area contributed by atoms with Crippen molar-refractivity contribution in [3.63, 3.8) is 0 Å². The summed E-state index contributed by atoms with van der Waals surface area (Å²) in [7, 11) is 0. The van der Waals surface area contributed by atoms with Crippen LogP contribution < -0.4 is 14.8 Å². The number of aliphatic hydroxyl groups is 1. The molecule has 0 radical (unpaired) electrons. The number of nitrogens with one attached hydrogen (secondary N) is 1. The molecule has 1 aromatic rings. The van der Waals surface area contributed by atoms with Crippen LogP contribution in [0.4, 0.5) is 0 Å². The molecule has 0 heterocycles. The van der Waals surface area contributed by atoms with Gasteiger partial charge >= 0.3 is 11.9 Å². The van der Waals surface area contributed by atoms with Crippen LogP contribution in [0.15, 0.2) is 18.2 Å². The van der Waals surface area contributed by atoms with Crippen LogP contribution in [0.5, 0.6) is 11.5 Å². The molecular formula is C26H40ClNO5. The molecule has 2 aliphatic carbocycles. The van der Waals surface area contributed by atoms with E-state index in [4.69, 9.17) is 9.47 Å². The van der Waals surface area contributed by atoms with Gasteiger partial charge in [0, 0.05) is 12.1 Å². The van der Waals surface area contributed by atoms with Crippen LogP contribution in [0.25, 0.3) is 0 Å². The lowest BCUT2D eigenvalue weighted by molar-refractivity contribution is -0.142. The Kier molecular flexibility index (Phi) is 10.6. The molecule has 2 N–H and O–H groups in total. The lowest BCUT2D eigenvalue weighted by Gasteiger charge is -2.24. The molecule has 1 atom stereocenters. The minimum atomic E-state index is -0.774. The van der Waals surface area contributed by atoms with Gasteiger partial charge in [-0.05, 0) is 64.2 Å². The number of hydrogen-bond acceptors (Lipinski definition) is 6. The molecule has 186 valence electrons. The third kappa shape index (κ3) is 8.58. The summed E-state index contributed by atoms with van der Waals surface area (Å²) in [6.45, 7) is 6.46. The normalized spacial score (nSPS) is 18.8. The monoisotopic (exact) mass is 481 g/mol. The number of rotatable bonds is 7. The zero-order valence-electron chi connectivity index (χ0n) is 20.2.